The van der Waals surface area contributed by atoms with Crippen molar-refractivity contribution in [2.75, 3.05) is 13.1 Å². The molecule has 2 N–H and O–H groups in total. The Kier molecular flexibility index (Phi) is 2.97. The van der Waals surface area contributed by atoms with Gasteiger partial charge in [0.05, 0.1) is 6.54 Å². The second kappa shape index (κ2) is 4.40. The van der Waals surface area contributed by atoms with Crippen LogP contribution in [0.3, 0.4) is 0 Å². The van der Waals surface area contributed by atoms with E-state index in [0.29, 0.717) is 24.6 Å². The highest BCUT2D eigenvalue weighted by Gasteiger charge is 2.20. The fourth-order valence-corrected chi connectivity index (χ4v) is 1.53. The number of benzene rings is 1. The zero-order valence-corrected chi connectivity index (χ0v) is 8.32. The number of hydrogen-bond acceptors (Lipinski definition) is 3. The van der Waals surface area contributed by atoms with Crippen molar-refractivity contribution in [2.45, 2.75) is 12.5 Å². The fraction of sp³-hybridized carbons (Fsp3) is 0.364. The van der Waals surface area contributed by atoms with Crippen LogP contribution in [0.5, 0.6) is 0 Å². The molecule has 0 amide bonds. The zero-order valence-electron chi connectivity index (χ0n) is 8.32. The first kappa shape index (κ1) is 10.1. The van der Waals surface area contributed by atoms with Gasteiger partial charge in [-0.05, 0) is 31.2 Å². The van der Waals surface area contributed by atoms with Gasteiger partial charge in [0, 0.05) is 5.56 Å². The summed E-state index contributed by atoms with van der Waals surface area (Å²) in [5.41, 5.74) is 6.12. The maximum absolute atomic E-state index is 12.9. The SMILES string of the molecule is NCCC1CN=C(c2cccc(F)c2)O1. The van der Waals surface area contributed by atoms with E-state index in [4.69, 9.17) is 10.5 Å². The lowest BCUT2D eigenvalue weighted by molar-refractivity contribution is 0.216. The smallest absolute Gasteiger partial charge is 0.216 e. The molecule has 1 unspecified atom stereocenters. The third-order valence-electron chi connectivity index (χ3n) is 2.28. The Hall–Kier alpha value is -1.42. The lowest BCUT2D eigenvalue weighted by atomic mass is 10.2. The summed E-state index contributed by atoms with van der Waals surface area (Å²) in [5.74, 6) is 0.244. The number of rotatable bonds is 3. The highest BCUT2D eigenvalue weighted by Crippen LogP contribution is 2.14. The average Bonchev–Trinajstić information content (AvgIpc) is 2.67. The largest absolute Gasteiger partial charge is 0.472 e. The fourth-order valence-electron chi connectivity index (χ4n) is 1.53. The molecule has 1 aliphatic rings. The topological polar surface area (TPSA) is 47.6 Å². The molecule has 4 heteroatoms. The van der Waals surface area contributed by atoms with Crippen molar-refractivity contribution in [2.24, 2.45) is 10.7 Å². The molecular formula is C11H13FN2O. The number of halogens is 1. The highest BCUT2D eigenvalue weighted by molar-refractivity contribution is 5.95. The molecule has 80 valence electrons. The van der Waals surface area contributed by atoms with E-state index in [9.17, 15) is 4.39 Å². The maximum atomic E-state index is 12.9. The van der Waals surface area contributed by atoms with Crippen molar-refractivity contribution in [1.82, 2.24) is 0 Å². The van der Waals surface area contributed by atoms with Crippen molar-refractivity contribution in [3.8, 4) is 0 Å². The third kappa shape index (κ3) is 2.33. The normalized spacial score (nSPS) is 19.9. The van der Waals surface area contributed by atoms with Gasteiger partial charge in [0.25, 0.3) is 0 Å². The summed E-state index contributed by atoms with van der Waals surface area (Å²) in [4.78, 5) is 4.22. The van der Waals surface area contributed by atoms with E-state index in [1.54, 1.807) is 12.1 Å². The summed E-state index contributed by atoms with van der Waals surface area (Å²) in [6.07, 6.45) is 0.829. The second-order valence-electron chi connectivity index (χ2n) is 3.47. The summed E-state index contributed by atoms with van der Waals surface area (Å²) in [6.45, 7) is 1.19. The summed E-state index contributed by atoms with van der Waals surface area (Å²) in [7, 11) is 0. The second-order valence-corrected chi connectivity index (χ2v) is 3.47. The molecule has 2 rings (SSSR count). The zero-order chi connectivity index (χ0) is 10.7. The van der Waals surface area contributed by atoms with E-state index in [-0.39, 0.29) is 11.9 Å². The summed E-state index contributed by atoms with van der Waals surface area (Å²) < 4.78 is 18.5. The molecule has 0 bridgehead atoms. The maximum Gasteiger partial charge on any atom is 0.216 e. The van der Waals surface area contributed by atoms with Crippen LogP contribution in [0.4, 0.5) is 4.39 Å². The summed E-state index contributed by atoms with van der Waals surface area (Å²) in [5, 5.41) is 0. The Morgan fingerprint density at radius 3 is 3.13 bits per heavy atom. The molecule has 0 radical (unpaired) electrons. The number of aliphatic imine (C=N–C) groups is 1. The molecule has 15 heavy (non-hydrogen) atoms. The molecule has 1 aromatic carbocycles. The lowest BCUT2D eigenvalue weighted by Gasteiger charge is -2.09. The predicted molar refractivity (Wildman–Crippen MR) is 56.3 cm³/mol. The van der Waals surface area contributed by atoms with Crippen LogP contribution in [-0.2, 0) is 4.74 Å². The van der Waals surface area contributed by atoms with Crippen LogP contribution in [0, 0.1) is 5.82 Å². The van der Waals surface area contributed by atoms with E-state index in [1.807, 2.05) is 0 Å². The Morgan fingerprint density at radius 2 is 2.40 bits per heavy atom. The van der Waals surface area contributed by atoms with E-state index in [0.717, 1.165) is 6.42 Å². The third-order valence-corrected chi connectivity index (χ3v) is 2.28. The highest BCUT2D eigenvalue weighted by atomic mass is 19.1. The van der Waals surface area contributed by atoms with Crippen molar-refractivity contribution in [1.29, 1.82) is 0 Å². The van der Waals surface area contributed by atoms with Crippen LogP contribution >= 0.6 is 0 Å². The van der Waals surface area contributed by atoms with Crippen LogP contribution in [0.15, 0.2) is 29.3 Å². The van der Waals surface area contributed by atoms with Crippen molar-refractivity contribution < 1.29 is 9.13 Å². The van der Waals surface area contributed by atoms with E-state index in [2.05, 4.69) is 4.99 Å². The van der Waals surface area contributed by atoms with Crippen molar-refractivity contribution >= 4 is 5.90 Å². The van der Waals surface area contributed by atoms with E-state index in [1.165, 1.54) is 12.1 Å². The molecule has 1 atom stereocenters. The molecule has 0 fully saturated rings. The van der Waals surface area contributed by atoms with Crippen LogP contribution in [0.2, 0.25) is 0 Å². The van der Waals surface area contributed by atoms with Crippen LogP contribution in [-0.4, -0.2) is 25.1 Å². The first-order chi connectivity index (χ1) is 7.29. The van der Waals surface area contributed by atoms with Crippen molar-refractivity contribution in [3.05, 3.63) is 35.6 Å². The first-order valence-corrected chi connectivity index (χ1v) is 4.96. The van der Waals surface area contributed by atoms with Gasteiger partial charge >= 0.3 is 0 Å². The van der Waals surface area contributed by atoms with Crippen molar-refractivity contribution in [3.63, 3.8) is 0 Å². The molecule has 0 spiro atoms. The van der Waals surface area contributed by atoms with E-state index >= 15 is 0 Å². The number of hydrogen-bond donors (Lipinski definition) is 1. The average molecular weight is 208 g/mol. The van der Waals surface area contributed by atoms with Crippen LogP contribution < -0.4 is 5.73 Å². The molecular weight excluding hydrogens is 195 g/mol. The first-order valence-electron chi connectivity index (χ1n) is 4.96. The molecule has 1 heterocycles. The molecule has 1 aliphatic heterocycles. The van der Waals surface area contributed by atoms with Gasteiger partial charge < -0.3 is 10.5 Å². The van der Waals surface area contributed by atoms with E-state index < -0.39 is 0 Å². The standard InChI is InChI=1S/C11H13FN2O/c12-9-3-1-2-8(6-9)11-14-7-10(15-11)4-5-13/h1-3,6,10H,4-5,7,13H2. The number of nitrogens with two attached hydrogens (primary N) is 1. The van der Waals surface area contributed by atoms with Gasteiger partial charge in [-0.2, -0.15) is 0 Å². The minimum Gasteiger partial charge on any atom is -0.472 e. The van der Waals surface area contributed by atoms with Gasteiger partial charge in [-0.3, -0.25) is 0 Å². The predicted octanol–water partition coefficient (Wildman–Crippen LogP) is 1.32. The van der Waals surface area contributed by atoms with Gasteiger partial charge in [0.15, 0.2) is 0 Å². The van der Waals surface area contributed by atoms with Crippen LogP contribution in [0.25, 0.3) is 0 Å². The van der Waals surface area contributed by atoms with Gasteiger partial charge in [0.1, 0.15) is 11.9 Å². The lowest BCUT2D eigenvalue weighted by Crippen LogP contribution is -2.18. The van der Waals surface area contributed by atoms with Crippen LogP contribution in [0.1, 0.15) is 12.0 Å². The summed E-state index contributed by atoms with van der Waals surface area (Å²) in [6, 6.07) is 6.25. The van der Waals surface area contributed by atoms with Gasteiger partial charge in [-0.1, -0.05) is 6.07 Å². The quantitative estimate of drug-likeness (QED) is 0.814. The Labute approximate surface area is 87.8 Å². The van der Waals surface area contributed by atoms with Gasteiger partial charge in [-0.15, -0.1) is 0 Å². The molecule has 0 saturated heterocycles. The minimum absolute atomic E-state index is 0.0493. The number of ether oxygens (including phenoxy) is 1. The molecule has 0 aromatic heterocycles. The minimum atomic E-state index is -0.277. The summed E-state index contributed by atoms with van der Waals surface area (Å²) >= 11 is 0. The number of nitrogens with zero attached hydrogens (tertiary/aromatic N) is 1. The van der Waals surface area contributed by atoms with Gasteiger partial charge in [-0.25, -0.2) is 9.38 Å². The Balaban J connectivity index is 2.07. The molecule has 3 nitrogen and oxygen atoms in total. The van der Waals surface area contributed by atoms with Gasteiger partial charge in [0.2, 0.25) is 5.90 Å². The Bertz CT molecular complexity index is 379. The Morgan fingerprint density at radius 1 is 1.53 bits per heavy atom. The molecule has 0 saturated carbocycles. The monoisotopic (exact) mass is 208 g/mol. The molecule has 1 aromatic rings. The molecule has 0 aliphatic carbocycles.